The van der Waals surface area contributed by atoms with E-state index in [-0.39, 0.29) is 10.8 Å². The summed E-state index contributed by atoms with van der Waals surface area (Å²) in [5, 5.41) is 0. The maximum atomic E-state index is 5.31. The number of rotatable bonds is 9. The molecule has 3 aromatic carbocycles. The second-order valence-corrected chi connectivity index (χ2v) is 14.0. The van der Waals surface area contributed by atoms with Gasteiger partial charge >= 0.3 is 0 Å². The van der Waals surface area contributed by atoms with Crippen molar-refractivity contribution in [2.75, 3.05) is 4.90 Å². The Bertz CT molecular complexity index is 1670. The fourth-order valence-corrected chi connectivity index (χ4v) is 8.54. The molecule has 3 nitrogen and oxygen atoms in total. The summed E-state index contributed by atoms with van der Waals surface area (Å²) in [6.45, 7) is 4.73. The van der Waals surface area contributed by atoms with E-state index >= 15 is 0 Å². The van der Waals surface area contributed by atoms with E-state index in [1.807, 2.05) is 0 Å². The molecule has 0 amide bonds. The van der Waals surface area contributed by atoms with Crippen LogP contribution in [0.15, 0.2) is 115 Å². The molecule has 0 bridgehead atoms. The molecule has 2 aliphatic rings. The number of benzene rings is 3. The molecular weight excluding hydrogens is 571 g/mol. The summed E-state index contributed by atoms with van der Waals surface area (Å²) in [5.41, 5.74) is 8.92. The molecule has 0 spiro atoms. The molecule has 240 valence electrons. The van der Waals surface area contributed by atoms with Gasteiger partial charge in [0.1, 0.15) is 11.6 Å². The highest BCUT2D eigenvalue weighted by atomic mass is 15.2. The molecule has 2 fully saturated rings. The van der Waals surface area contributed by atoms with Crippen molar-refractivity contribution >= 4 is 17.3 Å². The van der Waals surface area contributed by atoms with Crippen LogP contribution in [0.4, 0.5) is 17.3 Å². The molecule has 0 radical (unpaired) electrons. The minimum atomic E-state index is 0.289. The van der Waals surface area contributed by atoms with Crippen molar-refractivity contribution in [1.29, 1.82) is 0 Å². The average molecular weight is 620 g/mol. The zero-order valence-corrected chi connectivity index (χ0v) is 28.3. The maximum Gasteiger partial charge on any atom is 0.139 e. The zero-order valence-electron chi connectivity index (χ0n) is 28.3. The van der Waals surface area contributed by atoms with Crippen LogP contribution in [-0.2, 0) is 10.8 Å². The SMILES string of the molecule is CCC1(c2cccc(-c3cccc(N(c4ccccc4)c4cccc(-c5cccc(C6(CC)CCCCC6)c5)n4)n3)c2)CCCCC1. The molecule has 0 saturated heterocycles. The van der Waals surface area contributed by atoms with Crippen LogP contribution in [0, 0.1) is 0 Å². The van der Waals surface area contributed by atoms with Crippen LogP contribution in [0.1, 0.15) is 102 Å². The number of pyridine rings is 2. The summed E-state index contributed by atoms with van der Waals surface area (Å²) in [5.74, 6) is 1.74. The average Bonchev–Trinajstić information content (AvgIpc) is 3.16. The quantitative estimate of drug-likeness (QED) is 0.164. The molecule has 0 N–H and O–H groups in total. The standard InChI is InChI=1S/C44H49N3/c1-3-43(28-10-6-11-29-43)36-20-14-18-34(32-36)39-24-16-26-41(45-39)47(38-22-8-5-9-23-38)42-27-17-25-40(46-42)35-19-15-21-37(33-35)44(4-2)30-12-7-13-31-44/h5,8-9,14-27,32-33H,3-4,6-7,10-13,28-31H2,1-2H3. The zero-order chi connectivity index (χ0) is 32.1. The van der Waals surface area contributed by atoms with Gasteiger partial charge in [-0.05, 0) is 109 Å². The van der Waals surface area contributed by atoms with Crippen molar-refractivity contribution in [3.8, 4) is 22.5 Å². The Morgan fingerprint density at radius 2 is 0.936 bits per heavy atom. The lowest BCUT2D eigenvalue weighted by atomic mass is 9.67. The molecule has 3 heteroatoms. The van der Waals surface area contributed by atoms with Crippen molar-refractivity contribution in [2.24, 2.45) is 0 Å². The summed E-state index contributed by atoms with van der Waals surface area (Å²) in [6.07, 6.45) is 15.5. The van der Waals surface area contributed by atoms with E-state index in [2.05, 4.69) is 134 Å². The highest BCUT2D eigenvalue weighted by molar-refractivity contribution is 5.75. The van der Waals surface area contributed by atoms with E-state index in [0.29, 0.717) is 0 Å². The predicted octanol–water partition coefficient (Wildman–Crippen LogP) is 12.5. The van der Waals surface area contributed by atoms with Gasteiger partial charge in [0.25, 0.3) is 0 Å². The number of anilines is 3. The molecule has 0 aliphatic heterocycles. The summed E-state index contributed by atoms with van der Waals surface area (Å²) in [6, 6.07) is 41.7. The lowest BCUT2D eigenvalue weighted by Gasteiger charge is -2.37. The number of para-hydroxylation sites is 1. The Morgan fingerprint density at radius 3 is 1.38 bits per heavy atom. The number of hydrogen-bond donors (Lipinski definition) is 0. The van der Waals surface area contributed by atoms with Crippen LogP contribution >= 0.6 is 0 Å². The van der Waals surface area contributed by atoms with Crippen LogP contribution < -0.4 is 4.90 Å². The summed E-state index contributed by atoms with van der Waals surface area (Å²) >= 11 is 0. The van der Waals surface area contributed by atoms with E-state index in [1.165, 1.54) is 99.3 Å². The minimum Gasteiger partial charge on any atom is -0.279 e. The van der Waals surface area contributed by atoms with Crippen molar-refractivity contribution in [2.45, 2.75) is 102 Å². The molecule has 2 saturated carbocycles. The molecule has 2 heterocycles. The van der Waals surface area contributed by atoms with Crippen molar-refractivity contribution < 1.29 is 0 Å². The molecular formula is C44H49N3. The third-order valence-corrected chi connectivity index (χ3v) is 11.5. The second kappa shape index (κ2) is 13.9. The molecule has 7 rings (SSSR count). The minimum absolute atomic E-state index is 0.289. The smallest absolute Gasteiger partial charge is 0.139 e. The first kappa shape index (κ1) is 31.4. The lowest BCUT2D eigenvalue weighted by Crippen LogP contribution is -2.28. The molecule has 0 atom stereocenters. The fraction of sp³-hybridized carbons (Fsp3) is 0.364. The van der Waals surface area contributed by atoms with Crippen LogP contribution in [0.2, 0.25) is 0 Å². The Hall–Kier alpha value is -4.24. The van der Waals surface area contributed by atoms with E-state index in [9.17, 15) is 0 Å². The first-order valence-corrected chi connectivity index (χ1v) is 18.1. The summed E-state index contributed by atoms with van der Waals surface area (Å²) in [4.78, 5) is 12.8. The van der Waals surface area contributed by atoms with Crippen LogP contribution in [0.5, 0.6) is 0 Å². The van der Waals surface area contributed by atoms with Crippen molar-refractivity contribution in [3.05, 3.63) is 126 Å². The van der Waals surface area contributed by atoms with Crippen LogP contribution in [0.3, 0.4) is 0 Å². The second-order valence-electron chi connectivity index (χ2n) is 14.0. The van der Waals surface area contributed by atoms with Gasteiger partial charge in [0.15, 0.2) is 0 Å². The molecule has 0 unspecified atom stereocenters. The van der Waals surface area contributed by atoms with Crippen molar-refractivity contribution in [3.63, 3.8) is 0 Å². The third kappa shape index (κ3) is 6.38. The van der Waals surface area contributed by atoms with Gasteiger partial charge in [0.2, 0.25) is 0 Å². The van der Waals surface area contributed by atoms with Crippen LogP contribution in [0.25, 0.3) is 22.5 Å². The van der Waals surface area contributed by atoms with E-state index < -0.39 is 0 Å². The monoisotopic (exact) mass is 619 g/mol. The molecule has 2 aliphatic carbocycles. The first-order chi connectivity index (χ1) is 23.1. The first-order valence-electron chi connectivity index (χ1n) is 18.1. The van der Waals surface area contributed by atoms with Gasteiger partial charge < -0.3 is 0 Å². The molecule has 47 heavy (non-hydrogen) atoms. The van der Waals surface area contributed by atoms with Crippen LogP contribution in [-0.4, -0.2) is 9.97 Å². The Morgan fingerprint density at radius 1 is 0.489 bits per heavy atom. The highest BCUT2D eigenvalue weighted by Crippen LogP contribution is 2.44. The Balaban J connectivity index is 1.26. The number of aromatic nitrogens is 2. The van der Waals surface area contributed by atoms with Gasteiger partial charge in [0, 0.05) is 16.8 Å². The molecule has 5 aromatic rings. The number of nitrogens with zero attached hydrogens (tertiary/aromatic N) is 3. The predicted molar refractivity (Wildman–Crippen MR) is 198 cm³/mol. The summed E-state index contributed by atoms with van der Waals surface area (Å²) < 4.78 is 0. The van der Waals surface area contributed by atoms with Gasteiger partial charge in [-0.1, -0.05) is 119 Å². The van der Waals surface area contributed by atoms with Crippen molar-refractivity contribution in [1.82, 2.24) is 9.97 Å². The molecule has 2 aromatic heterocycles. The summed E-state index contributed by atoms with van der Waals surface area (Å²) in [7, 11) is 0. The van der Waals surface area contributed by atoms with E-state index in [4.69, 9.17) is 9.97 Å². The third-order valence-electron chi connectivity index (χ3n) is 11.5. The fourth-order valence-electron chi connectivity index (χ4n) is 8.54. The normalized spacial score (nSPS) is 17.2. The van der Waals surface area contributed by atoms with E-state index in [0.717, 1.165) is 28.7 Å². The highest BCUT2D eigenvalue weighted by Gasteiger charge is 2.33. The Kier molecular flexibility index (Phi) is 9.25. The largest absolute Gasteiger partial charge is 0.279 e. The lowest BCUT2D eigenvalue weighted by molar-refractivity contribution is 0.283. The van der Waals surface area contributed by atoms with Gasteiger partial charge in [0.05, 0.1) is 11.4 Å². The Labute approximate surface area is 282 Å². The van der Waals surface area contributed by atoms with Gasteiger partial charge in [-0.2, -0.15) is 0 Å². The van der Waals surface area contributed by atoms with E-state index in [1.54, 1.807) is 0 Å². The van der Waals surface area contributed by atoms with Gasteiger partial charge in [-0.3, -0.25) is 4.90 Å². The van der Waals surface area contributed by atoms with Gasteiger partial charge in [-0.15, -0.1) is 0 Å². The topological polar surface area (TPSA) is 29.0 Å². The maximum absolute atomic E-state index is 5.31. The number of hydrogen-bond acceptors (Lipinski definition) is 3. The van der Waals surface area contributed by atoms with Gasteiger partial charge in [-0.25, -0.2) is 9.97 Å².